The molecule has 4 heteroatoms. The predicted molar refractivity (Wildman–Crippen MR) is 278 cm³/mol. The Hall–Kier alpha value is -7.56. The average Bonchev–Trinajstić information content (AvgIpc) is 3.88. The zero-order valence-corrected chi connectivity index (χ0v) is 37.6. The maximum absolute atomic E-state index is 2.58. The van der Waals surface area contributed by atoms with E-state index in [1.54, 1.807) is 0 Å². The number of allylic oxidation sites excluding steroid dienone is 7. The van der Waals surface area contributed by atoms with Crippen molar-refractivity contribution in [2.24, 2.45) is 11.8 Å². The third kappa shape index (κ3) is 6.91. The summed E-state index contributed by atoms with van der Waals surface area (Å²) in [5.74, 6) is 0.799. The van der Waals surface area contributed by atoms with E-state index in [0.717, 1.165) is 12.8 Å². The molecule has 6 aromatic carbocycles. The van der Waals surface area contributed by atoms with Crippen LogP contribution in [-0.4, -0.2) is 22.7 Å². The number of benzene rings is 6. The van der Waals surface area contributed by atoms with Gasteiger partial charge in [0.25, 0.3) is 0 Å². The number of aromatic nitrogens is 1. The molecule has 4 aliphatic carbocycles. The fourth-order valence-electron chi connectivity index (χ4n) is 11.3. The molecule has 1 aliphatic heterocycles. The van der Waals surface area contributed by atoms with Gasteiger partial charge in [-0.2, -0.15) is 0 Å². The van der Waals surface area contributed by atoms with Crippen LogP contribution >= 0.6 is 0 Å². The predicted octanol–water partition coefficient (Wildman–Crippen LogP) is 13.5. The lowest BCUT2D eigenvalue weighted by atomic mass is 9.87. The molecule has 0 N–H and O–H groups in total. The van der Waals surface area contributed by atoms with E-state index < -0.39 is 0 Å². The minimum absolute atomic E-state index is 0.135. The molecule has 66 heavy (non-hydrogen) atoms. The Labute approximate surface area is 388 Å². The minimum Gasteiger partial charge on any atom is -0.334 e. The Balaban J connectivity index is 0.867. The third-order valence-corrected chi connectivity index (χ3v) is 14.4. The van der Waals surface area contributed by atoms with Gasteiger partial charge in [0, 0.05) is 62.3 Å². The van der Waals surface area contributed by atoms with Gasteiger partial charge in [0.05, 0.1) is 29.0 Å². The highest BCUT2D eigenvalue weighted by Gasteiger charge is 2.38. The van der Waals surface area contributed by atoms with Crippen molar-refractivity contribution in [2.45, 2.75) is 50.7 Å². The highest BCUT2D eigenvalue weighted by molar-refractivity contribution is 5.86. The van der Waals surface area contributed by atoms with Gasteiger partial charge in [-0.3, -0.25) is 0 Å². The van der Waals surface area contributed by atoms with Gasteiger partial charge in [-0.15, -0.1) is 0 Å². The van der Waals surface area contributed by atoms with Gasteiger partial charge in [0.1, 0.15) is 0 Å². The summed E-state index contributed by atoms with van der Waals surface area (Å²) in [6.07, 6.45) is 30.6. The van der Waals surface area contributed by atoms with E-state index in [-0.39, 0.29) is 35.9 Å². The van der Waals surface area contributed by atoms with Crippen molar-refractivity contribution in [3.63, 3.8) is 0 Å². The SMILES string of the molecule is CC1C=c2c(c3ccccc3n2-c2ccccc2)=CC1N(C1=CCCC=C1)c1ccc(C2=CC(C)C(N(c3ccccc3)c3ccc4c(c3)[C@@H]3C=CC=CC3N4c3ccccc3)C=C2)cc1. The molecule has 0 radical (unpaired) electrons. The molecule has 322 valence electrons. The van der Waals surface area contributed by atoms with Crippen molar-refractivity contribution in [2.75, 3.05) is 14.7 Å². The summed E-state index contributed by atoms with van der Waals surface area (Å²) in [7, 11) is 0. The lowest BCUT2D eigenvalue weighted by Crippen LogP contribution is -2.44. The number of anilines is 5. The van der Waals surface area contributed by atoms with Crippen LogP contribution in [0.4, 0.5) is 28.4 Å². The van der Waals surface area contributed by atoms with Crippen LogP contribution < -0.4 is 25.3 Å². The number of hydrogen-bond donors (Lipinski definition) is 0. The second-order valence-electron chi connectivity index (χ2n) is 18.5. The fraction of sp³-hybridized carbons (Fsp3) is 0.161. The quantitative estimate of drug-likeness (QED) is 0.144. The number of nitrogens with zero attached hydrogens (tertiary/aromatic N) is 4. The first-order valence-electron chi connectivity index (χ1n) is 23.8. The van der Waals surface area contributed by atoms with Gasteiger partial charge in [0.15, 0.2) is 0 Å². The van der Waals surface area contributed by atoms with Gasteiger partial charge in [-0.05, 0) is 114 Å². The van der Waals surface area contributed by atoms with Crippen LogP contribution in [0.1, 0.15) is 43.7 Å². The molecule has 0 spiro atoms. The molecule has 0 saturated carbocycles. The van der Waals surface area contributed by atoms with Crippen molar-refractivity contribution in [1.29, 1.82) is 0 Å². The van der Waals surface area contributed by atoms with Crippen molar-refractivity contribution in [3.05, 3.63) is 246 Å². The van der Waals surface area contributed by atoms with Crippen molar-refractivity contribution < 1.29 is 0 Å². The van der Waals surface area contributed by atoms with E-state index in [9.17, 15) is 0 Å². The molecule has 6 atom stereocenters. The summed E-state index contributed by atoms with van der Waals surface area (Å²) in [5.41, 5.74) is 13.7. The lowest BCUT2D eigenvalue weighted by molar-refractivity contribution is 0.611. The van der Waals surface area contributed by atoms with Crippen molar-refractivity contribution in [1.82, 2.24) is 4.57 Å². The van der Waals surface area contributed by atoms with Gasteiger partial charge >= 0.3 is 0 Å². The molecule has 0 bridgehead atoms. The standard InChI is InChI=1S/C62H54N4/c1-43-39-46(33-37-57(43)64(48-21-9-4-10-22-48)52-36-38-60-55(41-52)53-27-15-17-29-58(53)65(60)49-23-11-5-12-24-49)45-31-34-51(35-32-45)63(47-19-7-3-8-20-47)61-42-56-54-28-16-18-30-59(54)66(62(56)40-44(61)2)50-25-13-6-14-26-50/h4-7,9-44,53,57-58,61H,3,8H2,1-2H3/t43?,44?,53-,57?,58?,61?/m0/s1. The molecule has 2 heterocycles. The Morgan fingerprint density at radius 2 is 1.23 bits per heavy atom. The number of para-hydroxylation sites is 4. The molecule has 1 aromatic heterocycles. The summed E-state index contributed by atoms with van der Waals surface area (Å²) >= 11 is 0. The highest BCUT2D eigenvalue weighted by atomic mass is 15.2. The second-order valence-corrected chi connectivity index (χ2v) is 18.5. The summed E-state index contributed by atoms with van der Waals surface area (Å²) in [6, 6.07) is 58.5. The van der Waals surface area contributed by atoms with Crippen LogP contribution in [-0.2, 0) is 0 Å². The summed E-state index contributed by atoms with van der Waals surface area (Å²) in [5, 5.41) is 3.88. The average molecular weight is 855 g/mol. The maximum Gasteiger partial charge on any atom is 0.0629 e. The van der Waals surface area contributed by atoms with E-state index in [4.69, 9.17) is 0 Å². The van der Waals surface area contributed by atoms with Crippen molar-refractivity contribution in [3.8, 4) is 5.69 Å². The van der Waals surface area contributed by atoms with E-state index in [1.807, 2.05) is 0 Å². The molecule has 5 unspecified atom stereocenters. The lowest BCUT2D eigenvalue weighted by Gasteiger charge is -2.38. The van der Waals surface area contributed by atoms with Crippen molar-refractivity contribution >= 4 is 57.1 Å². The molecule has 12 rings (SSSR count). The van der Waals surface area contributed by atoms with Gasteiger partial charge in [0.2, 0.25) is 0 Å². The number of rotatable bonds is 9. The minimum atomic E-state index is 0.135. The zero-order valence-electron chi connectivity index (χ0n) is 37.6. The number of fused-ring (bicyclic) bond motifs is 6. The normalized spacial score (nSPS) is 22.4. The van der Waals surface area contributed by atoms with Crippen LogP contribution in [0.25, 0.3) is 34.3 Å². The van der Waals surface area contributed by atoms with Gasteiger partial charge in [-0.25, -0.2) is 0 Å². The Bertz CT molecular complexity index is 3260. The van der Waals surface area contributed by atoms with Gasteiger partial charge < -0.3 is 19.3 Å². The topological polar surface area (TPSA) is 14.7 Å². The van der Waals surface area contributed by atoms with Crippen LogP contribution in [0.3, 0.4) is 0 Å². The fourth-order valence-corrected chi connectivity index (χ4v) is 11.3. The molecule has 0 saturated heterocycles. The Morgan fingerprint density at radius 3 is 1.98 bits per heavy atom. The monoisotopic (exact) mass is 854 g/mol. The molecule has 7 aromatic rings. The molecular weight excluding hydrogens is 801 g/mol. The summed E-state index contributed by atoms with van der Waals surface area (Å²) in [4.78, 5) is 7.64. The maximum atomic E-state index is 2.58. The Kier molecular flexibility index (Phi) is 10.2. The van der Waals surface area contributed by atoms with E-state index in [0.29, 0.717) is 0 Å². The first-order valence-corrected chi connectivity index (χ1v) is 23.8. The molecule has 4 nitrogen and oxygen atoms in total. The van der Waals surface area contributed by atoms with Crippen LogP contribution in [0.2, 0.25) is 0 Å². The summed E-state index contributed by atoms with van der Waals surface area (Å²) in [6.45, 7) is 4.75. The zero-order chi connectivity index (χ0) is 44.1. The largest absolute Gasteiger partial charge is 0.334 e. The highest BCUT2D eigenvalue weighted by Crippen LogP contribution is 2.50. The van der Waals surface area contributed by atoms with Crippen LogP contribution in [0.15, 0.2) is 224 Å². The first-order chi connectivity index (χ1) is 32.6. The van der Waals surface area contributed by atoms with Gasteiger partial charge in [-0.1, -0.05) is 166 Å². The molecule has 0 amide bonds. The smallest absolute Gasteiger partial charge is 0.0629 e. The summed E-state index contributed by atoms with van der Waals surface area (Å²) < 4.78 is 2.44. The van der Waals surface area contributed by atoms with E-state index in [1.165, 1.54) is 78.0 Å². The third-order valence-electron chi connectivity index (χ3n) is 14.4. The number of hydrogen-bond acceptors (Lipinski definition) is 3. The Morgan fingerprint density at radius 1 is 0.545 bits per heavy atom. The molecule has 5 aliphatic rings. The molecule has 0 fully saturated rings. The molecular formula is C62H54N4. The van der Waals surface area contributed by atoms with E-state index in [2.05, 4.69) is 264 Å². The second kappa shape index (κ2) is 16.8. The van der Waals surface area contributed by atoms with Crippen LogP contribution in [0.5, 0.6) is 0 Å². The van der Waals surface area contributed by atoms with Crippen LogP contribution in [0, 0.1) is 11.8 Å². The first kappa shape index (κ1) is 40.0. The van der Waals surface area contributed by atoms with E-state index >= 15 is 0 Å².